The van der Waals surface area contributed by atoms with E-state index in [0.717, 1.165) is 16.6 Å². The van der Waals surface area contributed by atoms with Crippen LogP contribution in [0.4, 0.5) is 5.95 Å². The number of aromatic nitrogens is 2. The fraction of sp³-hybridized carbons (Fsp3) is 0.118. The van der Waals surface area contributed by atoms with Crippen molar-refractivity contribution in [3.05, 3.63) is 70.0 Å². The van der Waals surface area contributed by atoms with Gasteiger partial charge in [0.1, 0.15) is 0 Å². The number of anilines is 1. The lowest BCUT2D eigenvalue weighted by Crippen LogP contribution is -2.35. The Morgan fingerprint density at radius 3 is 2.70 bits per heavy atom. The van der Waals surface area contributed by atoms with Crippen LogP contribution in [0.5, 0.6) is 0 Å². The molecule has 1 aromatic heterocycles. The molecule has 1 unspecified atom stereocenters. The minimum Gasteiger partial charge on any atom is -0.370 e. The van der Waals surface area contributed by atoms with Gasteiger partial charge in [0.25, 0.3) is 5.56 Å². The molecule has 1 aliphatic rings. The van der Waals surface area contributed by atoms with Gasteiger partial charge in [-0.15, -0.1) is 0 Å². The van der Waals surface area contributed by atoms with Crippen molar-refractivity contribution in [1.29, 1.82) is 0 Å². The largest absolute Gasteiger partial charge is 0.370 e. The monoisotopic (exact) mass is 305 g/mol. The molecule has 6 heteroatoms. The van der Waals surface area contributed by atoms with Gasteiger partial charge in [-0.3, -0.25) is 14.7 Å². The van der Waals surface area contributed by atoms with Crippen molar-refractivity contribution in [3.8, 4) is 0 Å². The van der Waals surface area contributed by atoms with E-state index in [1.807, 2.05) is 54.0 Å². The maximum Gasteiger partial charge on any atom is 0.282 e. The van der Waals surface area contributed by atoms with E-state index in [-0.39, 0.29) is 17.7 Å². The third-order valence-corrected chi connectivity index (χ3v) is 4.04. The Morgan fingerprint density at radius 1 is 1.13 bits per heavy atom. The van der Waals surface area contributed by atoms with Gasteiger partial charge in [-0.25, -0.2) is 4.99 Å². The molecule has 0 saturated heterocycles. The number of benzene rings is 2. The van der Waals surface area contributed by atoms with Gasteiger partial charge >= 0.3 is 0 Å². The number of aliphatic imine (C=N–C) groups is 1. The van der Waals surface area contributed by atoms with Crippen molar-refractivity contribution in [2.24, 2.45) is 10.7 Å². The van der Waals surface area contributed by atoms with Gasteiger partial charge in [0.05, 0.1) is 10.9 Å². The summed E-state index contributed by atoms with van der Waals surface area (Å²) in [6.45, 7) is 2.03. The molecule has 0 fully saturated rings. The number of rotatable bonds is 1. The molecule has 3 aromatic rings. The molecule has 0 aliphatic carbocycles. The van der Waals surface area contributed by atoms with Crippen LogP contribution in [0.3, 0.4) is 0 Å². The van der Waals surface area contributed by atoms with Gasteiger partial charge in [0.2, 0.25) is 5.95 Å². The summed E-state index contributed by atoms with van der Waals surface area (Å²) in [6, 6.07) is 15.4. The maximum absolute atomic E-state index is 12.2. The highest BCUT2D eigenvalue weighted by atomic mass is 16.1. The third-order valence-electron chi connectivity index (χ3n) is 4.04. The average molecular weight is 305 g/mol. The molecule has 0 saturated carbocycles. The molecule has 4 rings (SSSR count). The van der Waals surface area contributed by atoms with Gasteiger partial charge in [0, 0.05) is 0 Å². The Labute approximate surface area is 132 Å². The van der Waals surface area contributed by atoms with Gasteiger partial charge in [-0.1, -0.05) is 36.4 Å². The van der Waals surface area contributed by atoms with Crippen molar-refractivity contribution >= 4 is 22.8 Å². The first kappa shape index (κ1) is 13.5. The van der Waals surface area contributed by atoms with Gasteiger partial charge in [-0.05, 0) is 30.2 Å². The second kappa shape index (κ2) is 4.95. The molecule has 2 aromatic carbocycles. The van der Waals surface area contributed by atoms with E-state index in [4.69, 9.17) is 5.73 Å². The predicted molar refractivity (Wildman–Crippen MR) is 90.6 cm³/mol. The summed E-state index contributed by atoms with van der Waals surface area (Å²) in [5.74, 6) is 0.662. The third kappa shape index (κ3) is 2.07. The highest BCUT2D eigenvalue weighted by molar-refractivity contribution is 5.93. The number of aryl methyl sites for hydroxylation is 1. The van der Waals surface area contributed by atoms with Crippen molar-refractivity contribution in [2.45, 2.75) is 13.1 Å². The van der Waals surface area contributed by atoms with Crippen LogP contribution in [0, 0.1) is 6.92 Å². The van der Waals surface area contributed by atoms with Crippen LogP contribution in [0.15, 0.2) is 58.3 Å². The molecule has 0 radical (unpaired) electrons. The smallest absolute Gasteiger partial charge is 0.282 e. The second-order valence-corrected chi connectivity index (χ2v) is 5.50. The molecular weight excluding hydrogens is 290 g/mol. The first-order valence-electron chi connectivity index (χ1n) is 7.32. The van der Waals surface area contributed by atoms with Gasteiger partial charge in [-0.2, -0.15) is 4.98 Å². The minimum atomic E-state index is -0.356. The molecule has 1 atom stereocenters. The van der Waals surface area contributed by atoms with E-state index < -0.39 is 0 Å². The van der Waals surface area contributed by atoms with Crippen LogP contribution in [0.25, 0.3) is 10.9 Å². The number of para-hydroxylation sites is 1. The first-order chi connectivity index (χ1) is 11.1. The Morgan fingerprint density at radius 2 is 1.87 bits per heavy atom. The highest BCUT2D eigenvalue weighted by Crippen LogP contribution is 2.31. The molecule has 6 nitrogen and oxygen atoms in total. The summed E-state index contributed by atoms with van der Waals surface area (Å²) in [4.78, 5) is 20.9. The lowest BCUT2D eigenvalue weighted by molar-refractivity contribution is 0.612. The Balaban J connectivity index is 2.08. The molecular formula is C17H15N5O. The van der Waals surface area contributed by atoms with Crippen molar-refractivity contribution in [3.63, 3.8) is 0 Å². The minimum absolute atomic E-state index is 0.250. The number of fused-ring (bicyclic) bond motifs is 3. The number of nitrogens with zero attached hydrogens (tertiary/aromatic N) is 3. The van der Waals surface area contributed by atoms with E-state index in [1.165, 1.54) is 0 Å². The normalized spacial score (nSPS) is 16.6. The fourth-order valence-corrected chi connectivity index (χ4v) is 2.95. The lowest BCUT2D eigenvalue weighted by atomic mass is 10.1. The number of nitrogens with one attached hydrogen (secondary N) is 1. The fourth-order valence-electron chi connectivity index (χ4n) is 2.95. The van der Waals surface area contributed by atoms with Crippen molar-refractivity contribution < 1.29 is 0 Å². The number of guanidine groups is 1. The zero-order valence-corrected chi connectivity index (χ0v) is 12.5. The predicted octanol–water partition coefficient (Wildman–Crippen LogP) is 1.99. The quantitative estimate of drug-likeness (QED) is 0.720. The lowest BCUT2D eigenvalue weighted by Gasteiger charge is -2.28. The van der Waals surface area contributed by atoms with Crippen LogP contribution in [-0.2, 0) is 0 Å². The van der Waals surface area contributed by atoms with Crippen molar-refractivity contribution in [2.75, 3.05) is 5.32 Å². The summed E-state index contributed by atoms with van der Waals surface area (Å²) < 4.78 is 1.91. The van der Waals surface area contributed by atoms with E-state index in [9.17, 15) is 4.79 Å². The summed E-state index contributed by atoms with van der Waals surface area (Å²) >= 11 is 0. The number of hydrogen-bond donors (Lipinski definition) is 2. The first-order valence-corrected chi connectivity index (χ1v) is 7.32. The Bertz CT molecular complexity index is 1010. The van der Waals surface area contributed by atoms with E-state index in [0.29, 0.717) is 11.3 Å². The number of hydrogen-bond acceptors (Lipinski definition) is 5. The molecule has 23 heavy (non-hydrogen) atoms. The molecule has 3 N–H and O–H groups in total. The summed E-state index contributed by atoms with van der Waals surface area (Å²) in [7, 11) is 0. The molecule has 0 spiro atoms. The molecule has 2 heterocycles. The Hall–Kier alpha value is -3.15. The van der Waals surface area contributed by atoms with Crippen LogP contribution in [0.2, 0.25) is 0 Å². The number of nitrogens with two attached hydrogens (primary N) is 1. The molecule has 114 valence electrons. The van der Waals surface area contributed by atoms with E-state index in [2.05, 4.69) is 15.3 Å². The maximum atomic E-state index is 12.2. The molecule has 0 bridgehead atoms. The van der Waals surface area contributed by atoms with Crippen LogP contribution in [-0.4, -0.2) is 15.5 Å². The molecule has 1 aliphatic heterocycles. The summed E-state index contributed by atoms with van der Waals surface area (Å²) in [6.07, 6.45) is -0.356. The summed E-state index contributed by atoms with van der Waals surface area (Å²) in [5, 5.41) is 3.45. The van der Waals surface area contributed by atoms with E-state index >= 15 is 0 Å². The zero-order chi connectivity index (χ0) is 16.0. The standard InChI is InChI=1S/C17H15N5O/c1-10-6-2-3-7-11(10)14-19-16(18)21-17-20-15(23)12-8-4-5-9-13(12)22(14)17/h2-9,14H,1H3,(H3,18,19,20,21,23). The SMILES string of the molecule is Cc1ccccc1C1N=C(N)Nc2nc(=O)c3ccccc3n21. The second-order valence-electron chi connectivity index (χ2n) is 5.50. The van der Waals surface area contributed by atoms with Gasteiger partial charge in [0.15, 0.2) is 12.1 Å². The summed E-state index contributed by atoms with van der Waals surface area (Å²) in [5.41, 5.74) is 8.53. The van der Waals surface area contributed by atoms with Crippen LogP contribution in [0.1, 0.15) is 17.3 Å². The Kier molecular flexibility index (Phi) is 2.90. The molecule has 0 amide bonds. The highest BCUT2D eigenvalue weighted by Gasteiger charge is 2.25. The van der Waals surface area contributed by atoms with Crippen LogP contribution >= 0.6 is 0 Å². The zero-order valence-electron chi connectivity index (χ0n) is 12.5. The van der Waals surface area contributed by atoms with Crippen molar-refractivity contribution in [1.82, 2.24) is 9.55 Å². The topological polar surface area (TPSA) is 85.3 Å². The van der Waals surface area contributed by atoms with Gasteiger partial charge < -0.3 is 5.73 Å². The average Bonchev–Trinajstić information content (AvgIpc) is 2.54. The van der Waals surface area contributed by atoms with Crippen LogP contribution < -0.4 is 16.6 Å². The van der Waals surface area contributed by atoms with E-state index in [1.54, 1.807) is 6.07 Å².